The first-order valence-electron chi connectivity index (χ1n) is 14.7. The first-order valence-corrected chi connectivity index (χ1v) is 16.1. The lowest BCUT2D eigenvalue weighted by molar-refractivity contribution is -0.139. The summed E-state index contributed by atoms with van der Waals surface area (Å²) in [6, 6.07) is 21.8. The number of sulfonamides is 1. The number of amides is 2. The van der Waals surface area contributed by atoms with E-state index in [1.807, 2.05) is 30.3 Å². The van der Waals surface area contributed by atoms with Gasteiger partial charge in [0.1, 0.15) is 12.6 Å². The second kappa shape index (κ2) is 14.9. The monoisotopic (exact) mass is 607 g/mol. The van der Waals surface area contributed by atoms with Gasteiger partial charge in [-0.15, -0.1) is 0 Å². The van der Waals surface area contributed by atoms with E-state index >= 15 is 0 Å². The SMILES string of the molecule is COc1ccc(S(=O)(=O)N(CC(=O)N(CCc2ccccc2)[C@@H](C)C(=O)NC2CCCCC2)c2ccccc2)cc1OC. The van der Waals surface area contributed by atoms with Crippen LogP contribution in [0, 0.1) is 0 Å². The third-order valence-electron chi connectivity index (χ3n) is 7.87. The molecule has 9 nitrogen and oxygen atoms in total. The number of rotatable bonds is 13. The van der Waals surface area contributed by atoms with Crippen LogP contribution in [0.4, 0.5) is 5.69 Å². The third kappa shape index (κ3) is 8.07. The Labute approximate surface area is 254 Å². The lowest BCUT2D eigenvalue weighted by Crippen LogP contribution is -2.53. The Morgan fingerprint density at radius 2 is 1.51 bits per heavy atom. The molecule has 1 aliphatic rings. The van der Waals surface area contributed by atoms with Crippen molar-refractivity contribution in [2.45, 2.75) is 62.4 Å². The van der Waals surface area contributed by atoms with Crippen LogP contribution in [0.3, 0.4) is 0 Å². The van der Waals surface area contributed by atoms with Crippen LogP contribution >= 0.6 is 0 Å². The fraction of sp³-hybridized carbons (Fsp3) is 0.394. The molecule has 1 saturated carbocycles. The van der Waals surface area contributed by atoms with Gasteiger partial charge in [0.15, 0.2) is 11.5 Å². The van der Waals surface area contributed by atoms with Crippen molar-refractivity contribution in [2.24, 2.45) is 0 Å². The number of anilines is 1. The summed E-state index contributed by atoms with van der Waals surface area (Å²) in [5, 5.41) is 3.13. The molecule has 0 bridgehead atoms. The molecule has 1 aliphatic carbocycles. The Bertz CT molecular complexity index is 1460. The number of benzene rings is 3. The average Bonchev–Trinajstić information content (AvgIpc) is 3.04. The van der Waals surface area contributed by atoms with Gasteiger partial charge < -0.3 is 19.7 Å². The van der Waals surface area contributed by atoms with Crippen molar-refractivity contribution in [3.8, 4) is 11.5 Å². The quantitative estimate of drug-likeness (QED) is 0.299. The molecule has 2 amide bonds. The van der Waals surface area contributed by atoms with E-state index in [1.54, 1.807) is 37.3 Å². The lowest BCUT2D eigenvalue weighted by atomic mass is 9.95. The molecule has 0 radical (unpaired) electrons. The molecule has 1 atom stereocenters. The largest absolute Gasteiger partial charge is 0.493 e. The smallest absolute Gasteiger partial charge is 0.264 e. The number of nitrogens with zero attached hydrogens (tertiary/aromatic N) is 2. The van der Waals surface area contributed by atoms with E-state index < -0.39 is 28.5 Å². The number of carbonyl (C=O) groups is 2. The molecule has 43 heavy (non-hydrogen) atoms. The van der Waals surface area contributed by atoms with Gasteiger partial charge in [0.05, 0.1) is 24.8 Å². The summed E-state index contributed by atoms with van der Waals surface area (Å²) >= 11 is 0. The molecule has 0 heterocycles. The molecule has 1 fully saturated rings. The zero-order valence-electron chi connectivity index (χ0n) is 25.1. The molecular weight excluding hydrogens is 566 g/mol. The van der Waals surface area contributed by atoms with Crippen molar-refractivity contribution in [1.29, 1.82) is 0 Å². The maximum absolute atomic E-state index is 14.1. The van der Waals surface area contributed by atoms with Crippen LogP contribution in [0.1, 0.15) is 44.6 Å². The second-order valence-corrected chi connectivity index (χ2v) is 12.6. The van der Waals surface area contributed by atoms with Crippen LogP contribution < -0.4 is 19.1 Å². The van der Waals surface area contributed by atoms with Crippen molar-refractivity contribution in [1.82, 2.24) is 10.2 Å². The van der Waals surface area contributed by atoms with E-state index in [4.69, 9.17) is 9.47 Å². The minimum atomic E-state index is -4.23. The zero-order chi connectivity index (χ0) is 30.8. The van der Waals surface area contributed by atoms with E-state index in [0.29, 0.717) is 17.9 Å². The Balaban J connectivity index is 1.64. The average molecular weight is 608 g/mol. The highest BCUT2D eigenvalue weighted by Gasteiger charge is 2.33. The summed E-state index contributed by atoms with van der Waals surface area (Å²) in [5.74, 6) is -0.0773. The van der Waals surface area contributed by atoms with Crippen molar-refractivity contribution >= 4 is 27.5 Å². The molecule has 0 saturated heterocycles. The standard InChI is InChI=1S/C33H41N3O6S/c1-25(33(38)34-27-15-9-5-10-16-27)35(22-21-26-13-7-4-8-14-26)32(37)24-36(28-17-11-6-12-18-28)43(39,40)29-19-20-30(41-2)31(23-29)42-3/h4,6-8,11-14,17-20,23,25,27H,5,9-10,15-16,21-22,24H2,1-3H3,(H,34,38)/t25-/m0/s1. The summed E-state index contributed by atoms with van der Waals surface area (Å²) < 4.78 is 39.9. The van der Waals surface area contributed by atoms with Crippen molar-refractivity contribution in [2.75, 3.05) is 31.6 Å². The van der Waals surface area contributed by atoms with Crippen LogP contribution in [0.25, 0.3) is 0 Å². The number of carbonyl (C=O) groups excluding carboxylic acids is 2. The van der Waals surface area contributed by atoms with Gasteiger partial charge in [0, 0.05) is 18.7 Å². The molecule has 3 aromatic carbocycles. The van der Waals surface area contributed by atoms with Gasteiger partial charge in [-0.1, -0.05) is 67.8 Å². The highest BCUT2D eigenvalue weighted by atomic mass is 32.2. The Morgan fingerprint density at radius 3 is 2.14 bits per heavy atom. The predicted molar refractivity (Wildman–Crippen MR) is 167 cm³/mol. The minimum Gasteiger partial charge on any atom is -0.493 e. The molecule has 4 rings (SSSR count). The van der Waals surface area contributed by atoms with Crippen molar-refractivity contribution < 1.29 is 27.5 Å². The molecule has 230 valence electrons. The van der Waals surface area contributed by atoms with Crippen molar-refractivity contribution in [3.05, 3.63) is 84.4 Å². The first kappa shape index (κ1) is 31.9. The zero-order valence-corrected chi connectivity index (χ0v) is 25.9. The Morgan fingerprint density at radius 1 is 0.884 bits per heavy atom. The van der Waals surface area contributed by atoms with Gasteiger partial charge in [0.2, 0.25) is 11.8 Å². The summed E-state index contributed by atoms with van der Waals surface area (Å²) in [6.07, 6.45) is 5.64. The van der Waals surface area contributed by atoms with Gasteiger partial charge in [-0.25, -0.2) is 8.42 Å². The topological polar surface area (TPSA) is 105 Å². The molecule has 0 spiro atoms. The van der Waals surface area contributed by atoms with E-state index in [-0.39, 0.29) is 29.1 Å². The Kier molecular flexibility index (Phi) is 11.1. The van der Waals surface area contributed by atoms with Crippen LogP contribution in [-0.2, 0) is 26.0 Å². The maximum atomic E-state index is 14.1. The minimum absolute atomic E-state index is 0.0549. The fourth-order valence-electron chi connectivity index (χ4n) is 5.37. The molecular formula is C33H41N3O6S. The first-order chi connectivity index (χ1) is 20.7. The van der Waals surface area contributed by atoms with Crippen molar-refractivity contribution in [3.63, 3.8) is 0 Å². The van der Waals surface area contributed by atoms with E-state index in [9.17, 15) is 18.0 Å². The predicted octanol–water partition coefficient (Wildman–Crippen LogP) is 4.81. The Hall–Kier alpha value is -4.05. The van der Waals surface area contributed by atoms with Crippen LogP contribution in [-0.4, -0.2) is 64.5 Å². The number of nitrogens with one attached hydrogen (secondary N) is 1. The highest BCUT2D eigenvalue weighted by molar-refractivity contribution is 7.92. The molecule has 3 aromatic rings. The molecule has 0 aliphatic heterocycles. The van der Waals surface area contributed by atoms with Gasteiger partial charge in [-0.05, 0) is 56.0 Å². The lowest BCUT2D eigenvalue weighted by Gasteiger charge is -2.33. The number of methoxy groups -OCH3 is 2. The molecule has 10 heteroatoms. The number of hydrogen-bond donors (Lipinski definition) is 1. The van der Waals surface area contributed by atoms with E-state index in [0.717, 1.165) is 42.0 Å². The normalized spacial score (nSPS) is 14.4. The van der Waals surface area contributed by atoms with Crippen LogP contribution in [0.2, 0.25) is 0 Å². The highest BCUT2D eigenvalue weighted by Crippen LogP contribution is 2.32. The third-order valence-corrected chi connectivity index (χ3v) is 9.64. The summed E-state index contributed by atoms with van der Waals surface area (Å²) in [4.78, 5) is 28.9. The number of ether oxygens (including phenoxy) is 2. The van der Waals surface area contributed by atoms with Gasteiger partial charge >= 0.3 is 0 Å². The summed E-state index contributed by atoms with van der Waals surface area (Å²) in [6.45, 7) is 1.47. The maximum Gasteiger partial charge on any atom is 0.264 e. The van der Waals surface area contributed by atoms with Crippen LogP contribution in [0.15, 0.2) is 83.8 Å². The van der Waals surface area contributed by atoms with Gasteiger partial charge in [0.25, 0.3) is 10.0 Å². The molecule has 1 N–H and O–H groups in total. The second-order valence-electron chi connectivity index (χ2n) is 10.7. The van der Waals surface area contributed by atoms with Gasteiger partial charge in [-0.3, -0.25) is 13.9 Å². The van der Waals surface area contributed by atoms with Crippen LogP contribution in [0.5, 0.6) is 11.5 Å². The number of para-hydroxylation sites is 1. The van der Waals surface area contributed by atoms with Gasteiger partial charge in [-0.2, -0.15) is 0 Å². The van der Waals surface area contributed by atoms with E-state index in [1.165, 1.54) is 37.3 Å². The molecule has 0 unspecified atom stereocenters. The molecule has 0 aromatic heterocycles. The number of hydrogen-bond acceptors (Lipinski definition) is 6. The summed E-state index contributed by atoms with van der Waals surface area (Å²) in [5.41, 5.74) is 1.34. The fourth-order valence-corrected chi connectivity index (χ4v) is 6.80. The summed E-state index contributed by atoms with van der Waals surface area (Å²) in [7, 11) is -1.33. The van der Waals surface area contributed by atoms with E-state index in [2.05, 4.69) is 5.32 Å².